The molecule has 2 rings (SSSR count). The third kappa shape index (κ3) is 2.48. The molecular formula is C12H16FNO. The second-order valence-corrected chi connectivity index (χ2v) is 4.20. The zero-order chi connectivity index (χ0) is 10.8. The average Bonchev–Trinajstić information content (AvgIpc) is 2.58. The molecular weight excluding hydrogens is 193 g/mol. The number of likely N-dealkylation sites (N-methyl/N-ethyl adjacent to an activating group) is 1. The van der Waals surface area contributed by atoms with Crippen LogP contribution in [-0.4, -0.2) is 31.1 Å². The van der Waals surface area contributed by atoms with Crippen LogP contribution in [0.3, 0.4) is 0 Å². The molecule has 1 aromatic carbocycles. The fraction of sp³-hybridized carbons (Fsp3) is 0.500. The van der Waals surface area contributed by atoms with Crippen LogP contribution in [0.2, 0.25) is 0 Å². The van der Waals surface area contributed by atoms with Gasteiger partial charge in [0.05, 0.1) is 0 Å². The molecule has 1 saturated heterocycles. The Balaban J connectivity index is 2.07. The second-order valence-electron chi connectivity index (χ2n) is 4.20. The Kier molecular flexibility index (Phi) is 2.91. The number of aryl methyl sites for hydroxylation is 1. The molecule has 1 aliphatic heterocycles. The molecule has 2 nitrogen and oxygen atoms in total. The second kappa shape index (κ2) is 4.19. The van der Waals surface area contributed by atoms with E-state index in [0.29, 0.717) is 5.75 Å². The molecule has 0 unspecified atom stereocenters. The zero-order valence-corrected chi connectivity index (χ0v) is 9.16. The molecule has 1 aliphatic rings. The van der Waals surface area contributed by atoms with Crippen LogP contribution in [0, 0.1) is 12.7 Å². The molecule has 0 amide bonds. The predicted octanol–water partition coefficient (Wildman–Crippen LogP) is 2.22. The van der Waals surface area contributed by atoms with Crippen molar-refractivity contribution < 1.29 is 9.13 Å². The minimum Gasteiger partial charge on any atom is -0.489 e. The van der Waals surface area contributed by atoms with E-state index in [2.05, 4.69) is 11.9 Å². The van der Waals surface area contributed by atoms with E-state index < -0.39 is 0 Å². The number of hydrogen-bond acceptors (Lipinski definition) is 2. The van der Waals surface area contributed by atoms with E-state index in [1.165, 1.54) is 12.1 Å². The van der Waals surface area contributed by atoms with Crippen molar-refractivity contribution >= 4 is 0 Å². The predicted molar refractivity (Wildman–Crippen MR) is 57.7 cm³/mol. The number of rotatable bonds is 2. The molecule has 0 N–H and O–H groups in total. The van der Waals surface area contributed by atoms with E-state index in [1.54, 1.807) is 6.07 Å². The maximum absolute atomic E-state index is 13.0. The van der Waals surface area contributed by atoms with Gasteiger partial charge in [-0.1, -0.05) is 6.07 Å². The van der Waals surface area contributed by atoms with E-state index in [1.807, 2.05) is 6.92 Å². The van der Waals surface area contributed by atoms with Crippen LogP contribution in [-0.2, 0) is 0 Å². The maximum Gasteiger partial charge on any atom is 0.126 e. The minimum absolute atomic E-state index is 0.204. The number of nitrogens with zero attached hydrogens (tertiary/aromatic N) is 1. The van der Waals surface area contributed by atoms with Crippen LogP contribution in [0.15, 0.2) is 18.2 Å². The molecule has 0 spiro atoms. The lowest BCUT2D eigenvalue weighted by molar-refractivity contribution is 0.206. The van der Waals surface area contributed by atoms with E-state index in [4.69, 9.17) is 4.74 Å². The molecule has 3 heteroatoms. The van der Waals surface area contributed by atoms with Gasteiger partial charge >= 0.3 is 0 Å². The van der Waals surface area contributed by atoms with Gasteiger partial charge in [-0.2, -0.15) is 0 Å². The third-order valence-electron chi connectivity index (χ3n) is 2.79. The van der Waals surface area contributed by atoms with Crippen LogP contribution < -0.4 is 4.74 Å². The summed E-state index contributed by atoms with van der Waals surface area (Å²) in [5.41, 5.74) is 0.992. The van der Waals surface area contributed by atoms with Gasteiger partial charge in [0.1, 0.15) is 17.7 Å². The van der Waals surface area contributed by atoms with Gasteiger partial charge in [0.25, 0.3) is 0 Å². The first-order valence-electron chi connectivity index (χ1n) is 5.26. The van der Waals surface area contributed by atoms with Gasteiger partial charge < -0.3 is 9.64 Å². The molecule has 15 heavy (non-hydrogen) atoms. The lowest BCUT2D eigenvalue weighted by Crippen LogP contribution is -2.21. The summed E-state index contributed by atoms with van der Waals surface area (Å²) in [5.74, 6) is 0.442. The van der Waals surface area contributed by atoms with Crippen molar-refractivity contribution in [2.24, 2.45) is 0 Å². The molecule has 0 aliphatic carbocycles. The summed E-state index contributed by atoms with van der Waals surface area (Å²) in [6.45, 7) is 3.92. The number of halogens is 1. The highest BCUT2D eigenvalue weighted by atomic mass is 19.1. The average molecular weight is 209 g/mol. The maximum atomic E-state index is 13.0. The third-order valence-corrected chi connectivity index (χ3v) is 2.79. The first kappa shape index (κ1) is 10.4. The Morgan fingerprint density at radius 1 is 1.47 bits per heavy atom. The normalized spacial score (nSPS) is 21.9. The van der Waals surface area contributed by atoms with Crippen molar-refractivity contribution in [3.8, 4) is 5.75 Å². The van der Waals surface area contributed by atoms with Crippen molar-refractivity contribution in [2.75, 3.05) is 20.1 Å². The van der Waals surface area contributed by atoms with Gasteiger partial charge in [0, 0.05) is 19.2 Å². The number of benzene rings is 1. The van der Waals surface area contributed by atoms with Gasteiger partial charge in [-0.25, -0.2) is 4.39 Å². The Bertz CT molecular complexity index is 353. The van der Waals surface area contributed by atoms with Gasteiger partial charge in [0.15, 0.2) is 0 Å². The van der Waals surface area contributed by atoms with Crippen molar-refractivity contribution in [2.45, 2.75) is 19.4 Å². The Hall–Kier alpha value is -1.09. The molecule has 1 atom stereocenters. The van der Waals surface area contributed by atoms with Crippen molar-refractivity contribution in [3.63, 3.8) is 0 Å². The quantitative estimate of drug-likeness (QED) is 0.740. The first-order valence-corrected chi connectivity index (χ1v) is 5.26. The largest absolute Gasteiger partial charge is 0.489 e. The smallest absolute Gasteiger partial charge is 0.126 e. The number of hydrogen-bond donors (Lipinski definition) is 0. The van der Waals surface area contributed by atoms with Crippen molar-refractivity contribution in [1.82, 2.24) is 4.90 Å². The SMILES string of the molecule is Cc1ccc(F)cc1O[C@H]1CCN(C)C1. The summed E-state index contributed by atoms with van der Waals surface area (Å²) in [6, 6.07) is 4.68. The van der Waals surface area contributed by atoms with Crippen molar-refractivity contribution in [3.05, 3.63) is 29.6 Å². The molecule has 82 valence electrons. The first-order chi connectivity index (χ1) is 7.15. The van der Waals surface area contributed by atoms with Crippen LogP contribution in [0.1, 0.15) is 12.0 Å². The summed E-state index contributed by atoms with van der Waals surface area (Å²) in [7, 11) is 2.07. The van der Waals surface area contributed by atoms with Crippen LogP contribution >= 0.6 is 0 Å². The van der Waals surface area contributed by atoms with Gasteiger partial charge in [-0.3, -0.25) is 0 Å². The molecule has 1 fully saturated rings. The van der Waals surface area contributed by atoms with Crippen LogP contribution in [0.5, 0.6) is 5.75 Å². The lowest BCUT2D eigenvalue weighted by atomic mass is 10.2. The molecule has 1 heterocycles. The summed E-state index contributed by atoms with van der Waals surface area (Å²) >= 11 is 0. The van der Waals surface area contributed by atoms with Gasteiger partial charge in [-0.05, 0) is 32.0 Å². The Labute approximate surface area is 89.7 Å². The van der Waals surface area contributed by atoms with Crippen molar-refractivity contribution in [1.29, 1.82) is 0 Å². The monoisotopic (exact) mass is 209 g/mol. The molecule has 0 radical (unpaired) electrons. The lowest BCUT2D eigenvalue weighted by Gasteiger charge is -2.15. The fourth-order valence-corrected chi connectivity index (χ4v) is 1.87. The Morgan fingerprint density at radius 3 is 2.93 bits per heavy atom. The van der Waals surface area contributed by atoms with Crippen LogP contribution in [0.25, 0.3) is 0 Å². The standard InChI is InChI=1S/C12H16FNO/c1-9-3-4-10(13)7-12(9)15-11-5-6-14(2)8-11/h3-4,7,11H,5-6,8H2,1-2H3/t11-/m0/s1. The minimum atomic E-state index is -0.234. The molecule has 0 bridgehead atoms. The highest BCUT2D eigenvalue weighted by Crippen LogP contribution is 2.22. The summed E-state index contributed by atoms with van der Waals surface area (Å²) in [6.07, 6.45) is 1.22. The fourth-order valence-electron chi connectivity index (χ4n) is 1.87. The van der Waals surface area contributed by atoms with E-state index in [-0.39, 0.29) is 11.9 Å². The summed E-state index contributed by atoms with van der Waals surface area (Å²) in [5, 5.41) is 0. The molecule has 0 aromatic heterocycles. The van der Waals surface area contributed by atoms with Crippen LogP contribution in [0.4, 0.5) is 4.39 Å². The highest BCUT2D eigenvalue weighted by Gasteiger charge is 2.21. The highest BCUT2D eigenvalue weighted by molar-refractivity contribution is 5.32. The van der Waals surface area contributed by atoms with Gasteiger partial charge in [-0.15, -0.1) is 0 Å². The Morgan fingerprint density at radius 2 is 2.27 bits per heavy atom. The van der Waals surface area contributed by atoms with E-state index in [0.717, 1.165) is 25.1 Å². The van der Waals surface area contributed by atoms with Gasteiger partial charge in [0.2, 0.25) is 0 Å². The topological polar surface area (TPSA) is 12.5 Å². The summed E-state index contributed by atoms with van der Waals surface area (Å²) < 4.78 is 18.8. The number of ether oxygens (including phenoxy) is 1. The van der Waals surface area contributed by atoms with E-state index in [9.17, 15) is 4.39 Å². The number of likely N-dealkylation sites (tertiary alicyclic amines) is 1. The molecule has 0 saturated carbocycles. The van der Waals surface area contributed by atoms with E-state index >= 15 is 0 Å². The molecule has 1 aromatic rings. The zero-order valence-electron chi connectivity index (χ0n) is 9.16. The summed E-state index contributed by atoms with van der Waals surface area (Å²) in [4.78, 5) is 2.22.